The van der Waals surface area contributed by atoms with E-state index in [0.29, 0.717) is 27.1 Å². The predicted molar refractivity (Wildman–Crippen MR) is 126 cm³/mol. The molecule has 0 fully saturated rings. The number of aromatic nitrogens is 3. The van der Waals surface area contributed by atoms with Crippen molar-refractivity contribution >= 4 is 39.8 Å². The first-order valence-electron chi connectivity index (χ1n) is 10.4. The van der Waals surface area contributed by atoms with Crippen LogP contribution in [-0.2, 0) is 11.3 Å². The van der Waals surface area contributed by atoms with E-state index in [0.717, 1.165) is 24.9 Å². The lowest BCUT2D eigenvalue weighted by Gasteiger charge is -2.16. The second kappa shape index (κ2) is 10.3. The van der Waals surface area contributed by atoms with Crippen LogP contribution in [0.1, 0.15) is 40.6 Å². The number of amides is 2. The van der Waals surface area contributed by atoms with Crippen molar-refractivity contribution in [3.8, 4) is 5.75 Å². The van der Waals surface area contributed by atoms with Crippen LogP contribution in [0.15, 0.2) is 30.6 Å². The van der Waals surface area contributed by atoms with Gasteiger partial charge in [-0.25, -0.2) is 4.98 Å². The maximum atomic E-state index is 12.6. The average Bonchev–Trinajstić information content (AvgIpc) is 3.42. The number of anilines is 3. The Labute approximate surface area is 191 Å². The lowest BCUT2D eigenvalue weighted by atomic mass is 10.1. The Kier molecular flexibility index (Phi) is 7.47. The Balaban J connectivity index is 1.61. The molecule has 3 rings (SSSR count). The first kappa shape index (κ1) is 23.3. The van der Waals surface area contributed by atoms with Gasteiger partial charge in [0, 0.05) is 31.4 Å². The van der Waals surface area contributed by atoms with Crippen LogP contribution in [0.3, 0.4) is 0 Å². The number of hydrogen-bond donors (Lipinski definition) is 3. The van der Waals surface area contributed by atoms with Gasteiger partial charge in [-0.1, -0.05) is 30.7 Å². The van der Waals surface area contributed by atoms with Crippen LogP contribution in [0.25, 0.3) is 0 Å². The lowest BCUT2D eigenvalue weighted by Crippen LogP contribution is -2.31. The van der Waals surface area contributed by atoms with Crippen LogP contribution < -0.4 is 10.6 Å². The second-order valence-electron chi connectivity index (χ2n) is 7.58. The van der Waals surface area contributed by atoms with Gasteiger partial charge in [0.25, 0.3) is 5.91 Å². The summed E-state index contributed by atoms with van der Waals surface area (Å²) in [6.07, 6.45) is 5.22. The Bertz CT molecular complexity index is 1110. The molecule has 0 unspecified atom stereocenters. The fourth-order valence-corrected chi connectivity index (χ4v) is 3.76. The summed E-state index contributed by atoms with van der Waals surface area (Å²) in [5.74, 6) is 0.357. The number of phenolic OH excluding ortho intramolecular Hbond substituents is 1. The number of rotatable bonds is 9. The zero-order valence-corrected chi connectivity index (χ0v) is 19.5. The Hall–Kier alpha value is -3.40. The summed E-state index contributed by atoms with van der Waals surface area (Å²) in [6.45, 7) is 6.60. The molecule has 0 saturated heterocycles. The highest BCUT2D eigenvalue weighted by Crippen LogP contribution is 2.29. The number of carbonyl (C=O) groups excluding carboxylic acids is 2. The molecule has 170 valence electrons. The number of aromatic hydroxyl groups is 1. The van der Waals surface area contributed by atoms with Gasteiger partial charge in [0.15, 0.2) is 10.9 Å². The van der Waals surface area contributed by atoms with Crippen LogP contribution >= 0.6 is 11.3 Å². The summed E-state index contributed by atoms with van der Waals surface area (Å²) >= 11 is 1.19. The van der Waals surface area contributed by atoms with E-state index in [1.165, 1.54) is 17.5 Å². The molecular formula is C22H28N6O3S. The van der Waals surface area contributed by atoms with Crippen LogP contribution in [-0.4, -0.2) is 50.2 Å². The summed E-state index contributed by atoms with van der Waals surface area (Å²) in [5, 5.41) is 20.7. The number of thiazole rings is 1. The third kappa shape index (κ3) is 5.64. The van der Waals surface area contributed by atoms with Gasteiger partial charge >= 0.3 is 0 Å². The molecule has 2 heterocycles. The standard InChI is InChI=1S/C22H28N6O3S/c1-5-6-10-27(4)19(30)13-28-11-9-18(26-28)24-22-23-12-17(32-22)21(31)25-20-14(2)7-8-16(29)15(20)3/h7-9,11-12,29H,5-6,10,13H2,1-4H3,(H,25,31)(H,23,24,26). The molecule has 0 radical (unpaired) electrons. The number of unbranched alkanes of at least 4 members (excludes halogenated alkanes) is 1. The molecule has 0 saturated carbocycles. The molecule has 0 bridgehead atoms. The van der Waals surface area contributed by atoms with Gasteiger partial charge < -0.3 is 20.6 Å². The number of carbonyl (C=O) groups is 2. The van der Waals surface area contributed by atoms with Crippen LogP contribution in [0, 0.1) is 13.8 Å². The Morgan fingerprint density at radius 1 is 1.25 bits per heavy atom. The smallest absolute Gasteiger partial charge is 0.267 e. The minimum absolute atomic E-state index is 0.00107. The summed E-state index contributed by atoms with van der Waals surface area (Å²) in [7, 11) is 1.79. The highest BCUT2D eigenvalue weighted by atomic mass is 32.1. The molecule has 32 heavy (non-hydrogen) atoms. The molecule has 3 aromatic rings. The van der Waals surface area contributed by atoms with Crippen LogP contribution in [0.5, 0.6) is 5.75 Å². The topological polar surface area (TPSA) is 112 Å². The number of likely N-dealkylation sites (N-methyl/N-ethyl adjacent to an activating group) is 1. The van der Waals surface area contributed by atoms with E-state index >= 15 is 0 Å². The average molecular weight is 457 g/mol. The van der Waals surface area contributed by atoms with E-state index in [-0.39, 0.29) is 24.1 Å². The van der Waals surface area contributed by atoms with E-state index in [9.17, 15) is 14.7 Å². The number of nitrogens with zero attached hydrogens (tertiary/aromatic N) is 4. The Morgan fingerprint density at radius 3 is 2.78 bits per heavy atom. The SMILES string of the molecule is CCCCN(C)C(=O)Cn1ccc(Nc2ncc(C(=O)Nc3c(C)ccc(O)c3C)s2)n1. The molecule has 9 nitrogen and oxygen atoms in total. The molecule has 3 N–H and O–H groups in total. The van der Waals surface area contributed by atoms with Crippen molar-refractivity contribution in [2.75, 3.05) is 24.2 Å². The normalized spacial score (nSPS) is 10.8. The minimum atomic E-state index is -0.307. The van der Waals surface area contributed by atoms with Crippen molar-refractivity contribution in [2.45, 2.75) is 40.2 Å². The van der Waals surface area contributed by atoms with Crippen molar-refractivity contribution in [1.29, 1.82) is 0 Å². The monoisotopic (exact) mass is 456 g/mol. The minimum Gasteiger partial charge on any atom is -0.508 e. The van der Waals surface area contributed by atoms with Crippen molar-refractivity contribution in [3.63, 3.8) is 0 Å². The number of benzene rings is 1. The molecule has 2 amide bonds. The third-order valence-electron chi connectivity index (χ3n) is 5.06. The van der Waals surface area contributed by atoms with E-state index in [1.54, 1.807) is 47.9 Å². The molecule has 0 aliphatic carbocycles. The quantitative estimate of drug-likeness (QED) is 0.450. The molecule has 0 spiro atoms. The molecule has 10 heteroatoms. The van der Waals surface area contributed by atoms with E-state index in [1.807, 2.05) is 6.92 Å². The second-order valence-corrected chi connectivity index (χ2v) is 8.61. The van der Waals surface area contributed by atoms with Crippen LogP contribution in [0.4, 0.5) is 16.6 Å². The first-order valence-corrected chi connectivity index (χ1v) is 11.2. The first-order chi connectivity index (χ1) is 15.3. The highest BCUT2D eigenvalue weighted by molar-refractivity contribution is 7.17. The van der Waals surface area contributed by atoms with Gasteiger partial charge in [-0.2, -0.15) is 5.10 Å². The number of nitrogens with one attached hydrogen (secondary N) is 2. The molecular weight excluding hydrogens is 428 g/mol. The predicted octanol–water partition coefficient (Wildman–Crippen LogP) is 3.92. The maximum absolute atomic E-state index is 12.6. The van der Waals surface area contributed by atoms with Gasteiger partial charge in [0.2, 0.25) is 5.91 Å². The number of aryl methyl sites for hydroxylation is 1. The lowest BCUT2D eigenvalue weighted by molar-refractivity contribution is -0.130. The van der Waals surface area contributed by atoms with Gasteiger partial charge in [-0.15, -0.1) is 0 Å². The number of hydrogen-bond acceptors (Lipinski definition) is 7. The highest BCUT2D eigenvalue weighted by Gasteiger charge is 2.16. The fourth-order valence-electron chi connectivity index (χ4n) is 3.05. The third-order valence-corrected chi connectivity index (χ3v) is 5.97. The fraction of sp³-hybridized carbons (Fsp3) is 0.364. The molecule has 0 aliphatic heterocycles. The summed E-state index contributed by atoms with van der Waals surface area (Å²) in [4.78, 5) is 31.3. The maximum Gasteiger partial charge on any atom is 0.267 e. The van der Waals surface area contributed by atoms with Crippen molar-refractivity contribution in [3.05, 3.63) is 46.6 Å². The molecule has 1 aromatic carbocycles. The van der Waals surface area contributed by atoms with Crippen molar-refractivity contribution in [2.24, 2.45) is 0 Å². The van der Waals surface area contributed by atoms with Crippen LogP contribution in [0.2, 0.25) is 0 Å². The van der Waals surface area contributed by atoms with Crippen molar-refractivity contribution < 1.29 is 14.7 Å². The van der Waals surface area contributed by atoms with Gasteiger partial charge in [-0.3, -0.25) is 14.3 Å². The molecule has 0 atom stereocenters. The zero-order valence-electron chi connectivity index (χ0n) is 18.7. The molecule has 2 aromatic heterocycles. The van der Waals surface area contributed by atoms with Gasteiger partial charge in [0.1, 0.15) is 17.2 Å². The summed E-state index contributed by atoms with van der Waals surface area (Å²) in [5.41, 5.74) is 2.06. The largest absolute Gasteiger partial charge is 0.508 e. The van der Waals surface area contributed by atoms with E-state index in [2.05, 4.69) is 27.6 Å². The Morgan fingerprint density at radius 2 is 2.03 bits per heavy atom. The number of phenols is 1. The zero-order chi connectivity index (χ0) is 23.3. The summed E-state index contributed by atoms with van der Waals surface area (Å²) in [6, 6.07) is 5.10. The van der Waals surface area contributed by atoms with Gasteiger partial charge in [0.05, 0.1) is 11.9 Å². The summed E-state index contributed by atoms with van der Waals surface area (Å²) < 4.78 is 1.57. The van der Waals surface area contributed by atoms with Gasteiger partial charge in [-0.05, 0) is 31.9 Å². The van der Waals surface area contributed by atoms with E-state index in [4.69, 9.17) is 0 Å². The van der Waals surface area contributed by atoms with E-state index < -0.39 is 0 Å². The molecule has 0 aliphatic rings. The van der Waals surface area contributed by atoms with Crippen molar-refractivity contribution in [1.82, 2.24) is 19.7 Å².